The third-order valence-corrected chi connectivity index (χ3v) is 4.30. The number of nitrogens with zero attached hydrogens (tertiary/aromatic N) is 3. The Morgan fingerprint density at radius 3 is 2.50 bits per heavy atom. The van der Waals surface area contributed by atoms with E-state index in [9.17, 15) is 4.79 Å². The number of anilines is 1. The topological polar surface area (TPSA) is 73.0 Å². The van der Waals surface area contributed by atoms with Crippen molar-refractivity contribution in [2.75, 3.05) is 5.32 Å². The highest BCUT2D eigenvalue weighted by molar-refractivity contribution is 6.03. The minimum Gasteiger partial charge on any atom is -0.459 e. The van der Waals surface area contributed by atoms with E-state index >= 15 is 0 Å². The van der Waals surface area contributed by atoms with Crippen molar-refractivity contribution in [1.82, 2.24) is 15.0 Å². The zero-order chi connectivity index (χ0) is 18.1. The van der Waals surface area contributed by atoms with Gasteiger partial charge in [-0.25, -0.2) is 0 Å². The smallest absolute Gasteiger partial charge is 0.291 e. The summed E-state index contributed by atoms with van der Waals surface area (Å²) in [5.41, 5.74) is 5.25. The van der Waals surface area contributed by atoms with Gasteiger partial charge >= 0.3 is 0 Å². The van der Waals surface area contributed by atoms with E-state index in [1.54, 1.807) is 16.9 Å². The van der Waals surface area contributed by atoms with Crippen molar-refractivity contribution in [3.8, 4) is 5.69 Å². The van der Waals surface area contributed by atoms with E-state index in [0.717, 1.165) is 23.2 Å². The Morgan fingerprint density at radius 1 is 1.12 bits per heavy atom. The first-order chi connectivity index (χ1) is 12.6. The largest absolute Gasteiger partial charge is 0.459 e. The van der Waals surface area contributed by atoms with Crippen LogP contribution < -0.4 is 5.32 Å². The molecule has 0 spiro atoms. The molecule has 6 heteroatoms. The summed E-state index contributed by atoms with van der Waals surface area (Å²) in [4.78, 5) is 13.8. The van der Waals surface area contributed by atoms with E-state index < -0.39 is 0 Å². The van der Waals surface area contributed by atoms with E-state index in [0.29, 0.717) is 11.2 Å². The summed E-state index contributed by atoms with van der Waals surface area (Å²) in [5.74, 6) is -0.0239. The molecule has 1 amide bonds. The summed E-state index contributed by atoms with van der Waals surface area (Å²) in [6.07, 6.45) is 2.47. The molecule has 2 aromatic heterocycles. The van der Waals surface area contributed by atoms with Crippen LogP contribution in [0.15, 0.2) is 59.2 Å². The molecule has 6 nitrogen and oxygen atoms in total. The summed E-state index contributed by atoms with van der Waals surface area (Å²) < 4.78 is 5.13. The second-order valence-corrected chi connectivity index (χ2v) is 6.10. The molecule has 0 saturated heterocycles. The molecule has 0 bridgehead atoms. The Balaban J connectivity index is 1.67. The zero-order valence-corrected chi connectivity index (χ0v) is 14.6. The van der Waals surface area contributed by atoms with Crippen LogP contribution in [0, 0.1) is 6.92 Å². The SMILES string of the molecule is CCc1ccc(-n2nc3cc(C)c(NC(=O)c4ccco4)cc3n2)cc1. The first kappa shape index (κ1) is 16.1. The van der Waals surface area contributed by atoms with Crippen molar-refractivity contribution in [2.24, 2.45) is 0 Å². The Hall–Kier alpha value is -3.41. The van der Waals surface area contributed by atoms with Gasteiger partial charge in [0.15, 0.2) is 5.76 Å². The van der Waals surface area contributed by atoms with E-state index in [4.69, 9.17) is 4.42 Å². The summed E-state index contributed by atoms with van der Waals surface area (Å²) in [6, 6.07) is 15.2. The Labute approximate surface area is 150 Å². The Kier molecular flexibility index (Phi) is 4.01. The van der Waals surface area contributed by atoms with Gasteiger partial charge in [-0.05, 0) is 60.9 Å². The molecule has 1 N–H and O–H groups in total. The standard InChI is InChI=1S/C20H18N4O2/c1-3-14-6-8-15(9-7-14)24-22-17-11-13(2)16(12-18(17)23-24)21-20(25)19-5-4-10-26-19/h4-12H,3H2,1-2H3,(H,21,25). The predicted octanol–water partition coefficient (Wildman–Crippen LogP) is 4.14. The number of carbonyl (C=O) groups excluding carboxylic acids is 1. The molecule has 4 rings (SSSR count). The van der Waals surface area contributed by atoms with Crippen molar-refractivity contribution in [1.29, 1.82) is 0 Å². The average Bonchev–Trinajstić information content (AvgIpc) is 3.32. The van der Waals surface area contributed by atoms with Crippen molar-refractivity contribution in [2.45, 2.75) is 20.3 Å². The molecule has 2 heterocycles. The fraction of sp³-hybridized carbons (Fsp3) is 0.150. The van der Waals surface area contributed by atoms with Gasteiger partial charge < -0.3 is 9.73 Å². The van der Waals surface area contributed by atoms with Gasteiger partial charge in [0.05, 0.1) is 12.0 Å². The minimum absolute atomic E-state index is 0.268. The molecule has 0 saturated carbocycles. The molecule has 2 aromatic carbocycles. The molecule has 26 heavy (non-hydrogen) atoms. The van der Waals surface area contributed by atoms with Crippen LogP contribution in [0.2, 0.25) is 0 Å². The number of hydrogen-bond acceptors (Lipinski definition) is 4. The summed E-state index contributed by atoms with van der Waals surface area (Å²) >= 11 is 0. The molecule has 4 aromatic rings. The maximum absolute atomic E-state index is 12.2. The van der Waals surface area contributed by atoms with Crippen LogP contribution in [0.5, 0.6) is 0 Å². The average molecular weight is 346 g/mol. The molecule has 0 atom stereocenters. The number of aryl methyl sites for hydroxylation is 2. The molecular weight excluding hydrogens is 328 g/mol. The number of aromatic nitrogens is 3. The third-order valence-electron chi connectivity index (χ3n) is 4.30. The highest BCUT2D eigenvalue weighted by atomic mass is 16.3. The van der Waals surface area contributed by atoms with E-state index in [-0.39, 0.29) is 11.7 Å². The maximum atomic E-state index is 12.2. The second kappa shape index (κ2) is 6.48. The van der Waals surface area contributed by atoms with Gasteiger partial charge in [0.25, 0.3) is 5.91 Å². The van der Waals surface area contributed by atoms with Crippen molar-refractivity contribution in [3.63, 3.8) is 0 Å². The predicted molar refractivity (Wildman–Crippen MR) is 99.6 cm³/mol. The lowest BCUT2D eigenvalue weighted by molar-refractivity contribution is 0.0996. The summed E-state index contributed by atoms with van der Waals surface area (Å²) in [6.45, 7) is 4.04. The fourth-order valence-electron chi connectivity index (χ4n) is 2.77. The number of rotatable bonds is 4. The van der Waals surface area contributed by atoms with Crippen LogP contribution in [0.25, 0.3) is 16.7 Å². The Morgan fingerprint density at radius 2 is 1.85 bits per heavy atom. The molecule has 0 aliphatic carbocycles. The van der Waals surface area contributed by atoms with Gasteiger partial charge in [-0.1, -0.05) is 19.1 Å². The third kappa shape index (κ3) is 2.97. The van der Waals surface area contributed by atoms with Crippen LogP contribution in [0.1, 0.15) is 28.6 Å². The molecule has 0 fully saturated rings. The number of carbonyl (C=O) groups is 1. The van der Waals surface area contributed by atoms with Gasteiger partial charge in [0, 0.05) is 5.69 Å². The first-order valence-corrected chi connectivity index (χ1v) is 8.46. The lowest BCUT2D eigenvalue weighted by Gasteiger charge is -2.06. The molecule has 0 radical (unpaired) electrons. The van der Waals surface area contributed by atoms with E-state index in [1.165, 1.54) is 11.8 Å². The molecule has 0 unspecified atom stereocenters. The van der Waals surface area contributed by atoms with Crippen LogP contribution in [-0.4, -0.2) is 20.9 Å². The van der Waals surface area contributed by atoms with Gasteiger partial charge in [-0.3, -0.25) is 4.79 Å². The van der Waals surface area contributed by atoms with E-state index in [2.05, 4.69) is 34.6 Å². The molecule has 130 valence electrons. The molecule has 0 aliphatic rings. The summed E-state index contributed by atoms with van der Waals surface area (Å²) in [7, 11) is 0. The normalized spacial score (nSPS) is 11.0. The number of fused-ring (bicyclic) bond motifs is 1. The number of hydrogen-bond donors (Lipinski definition) is 1. The van der Waals surface area contributed by atoms with Gasteiger partial charge in [0.1, 0.15) is 11.0 Å². The molecule has 0 aliphatic heterocycles. The lowest BCUT2D eigenvalue weighted by Crippen LogP contribution is -2.11. The second-order valence-electron chi connectivity index (χ2n) is 6.10. The lowest BCUT2D eigenvalue weighted by atomic mass is 10.1. The van der Waals surface area contributed by atoms with Crippen LogP contribution in [0.4, 0.5) is 5.69 Å². The van der Waals surface area contributed by atoms with Crippen LogP contribution in [0.3, 0.4) is 0 Å². The molecular formula is C20H18N4O2. The Bertz CT molecular complexity index is 1060. The monoisotopic (exact) mass is 346 g/mol. The van der Waals surface area contributed by atoms with E-state index in [1.807, 2.05) is 31.2 Å². The van der Waals surface area contributed by atoms with Crippen LogP contribution >= 0.6 is 0 Å². The van der Waals surface area contributed by atoms with Gasteiger partial charge in [0.2, 0.25) is 0 Å². The fourth-order valence-corrected chi connectivity index (χ4v) is 2.77. The summed E-state index contributed by atoms with van der Waals surface area (Å²) in [5, 5.41) is 11.9. The quantitative estimate of drug-likeness (QED) is 0.603. The number of nitrogens with one attached hydrogen (secondary N) is 1. The highest BCUT2D eigenvalue weighted by Gasteiger charge is 2.13. The first-order valence-electron chi connectivity index (χ1n) is 8.46. The number of benzene rings is 2. The van der Waals surface area contributed by atoms with Crippen molar-refractivity contribution < 1.29 is 9.21 Å². The number of amides is 1. The zero-order valence-electron chi connectivity index (χ0n) is 14.6. The number of furan rings is 1. The van der Waals surface area contributed by atoms with Crippen molar-refractivity contribution >= 4 is 22.6 Å². The van der Waals surface area contributed by atoms with Gasteiger partial charge in [-0.2, -0.15) is 4.80 Å². The van der Waals surface area contributed by atoms with Crippen molar-refractivity contribution in [3.05, 3.63) is 71.7 Å². The minimum atomic E-state index is -0.292. The highest BCUT2D eigenvalue weighted by Crippen LogP contribution is 2.23. The van der Waals surface area contributed by atoms with Crippen LogP contribution in [-0.2, 0) is 6.42 Å². The van der Waals surface area contributed by atoms with Gasteiger partial charge in [-0.15, -0.1) is 10.2 Å². The maximum Gasteiger partial charge on any atom is 0.291 e.